The van der Waals surface area contributed by atoms with Gasteiger partial charge in [0.2, 0.25) is 0 Å². The van der Waals surface area contributed by atoms with Gasteiger partial charge in [-0.3, -0.25) is 0 Å². The molecule has 22 heavy (non-hydrogen) atoms. The van der Waals surface area contributed by atoms with Crippen LogP contribution in [0.5, 0.6) is 0 Å². The molecule has 4 atom stereocenters. The van der Waals surface area contributed by atoms with Crippen LogP contribution in [0.15, 0.2) is 18.6 Å². The number of nitrogens with zero attached hydrogens (tertiary/aromatic N) is 3. The van der Waals surface area contributed by atoms with Gasteiger partial charge in [-0.1, -0.05) is 0 Å². The Balaban J connectivity index is 1.77. The first-order valence-electron chi connectivity index (χ1n) is 7.19. The van der Waals surface area contributed by atoms with Crippen molar-refractivity contribution in [2.45, 2.75) is 44.2 Å². The maximum Gasteiger partial charge on any atom is 0.164 e. The molecule has 8 heteroatoms. The Morgan fingerprint density at radius 1 is 1.32 bits per heavy atom. The number of aliphatic hydroxyl groups is 1. The van der Waals surface area contributed by atoms with E-state index >= 15 is 0 Å². The third-order valence-corrected chi connectivity index (χ3v) is 4.12. The Bertz CT molecular complexity index is 716. The van der Waals surface area contributed by atoms with Crippen LogP contribution in [0.25, 0.3) is 11.0 Å². The number of hydrogen-bond donors (Lipinski definition) is 2. The highest BCUT2D eigenvalue weighted by molar-refractivity contribution is 5.86. The quantitative estimate of drug-likeness (QED) is 0.828. The lowest BCUT2D eigenvalue weighted by atomic mass is 10.1. The minimum absolute atomic E-state index is 0.132. The number of nitrogens with two attached hydrogens (primary N) is 1. The van der Waals surface area contributed by atoms with Crippen LogP contribution in [0.1, 0.15) is 20.1 Å². The van der Waals surface area contributed by atoms with E-state index in [1.54, 1.807) is 0 Å². The number of anilines is 1. The minimum atomic E-state index is -0.707. The molecule has 118 valence electrons. The van der Waals surface area contributed by atoms with Crippen LogP contribution in [0, 0.1) is 0 Å². The fourth-order valence-corrected chi connectivity index (χ4v) is 3.23. The SMILES string of the molecule is CC1(C)OC2[C@@H](CO)O[C@@H](n3ccc4c(N)ncnc43)[C@H]2O1. The molecule has 2 aliphatic rings. The molecule has 0 aliphatic carbocycles. The average molecular weight is 306 g/mol. The highest BCUT2D eigenvalue weighted by Crippen LogP contribution is 2.43. The van der Waals surface area contributed by atoms with Crippen molar-refractivity contribution < 1.29 is 19.3 Å². The molecule has 0 saturated carbocycles. The van der Waals surface area contributed by atoms with Gasteiger partial charge in [-0.05, 0) is 19.9 Å². The number of nitrogen functional groups attached to an aromatic ring is 1. The molecular formula is C14H18N4O4. The summed E-state index contributed by atoms with van der Waals surface area (Å²) in [6.45, 7) is 3.57. The first-order chi connectivity index (χ1) is 10.5. The fourth-order valence-electron chi connectivity index (χ4n) is 3.23. The maximum absolute atomic E-state index is 9.54. The predicted molar refractivity (Wildman–Crippen MR) is 76.8 cm³/mol. The van der Waals surface area contributed by atoms with E-state index in [0.29, 0.717) is 11.5 Å². The van der Waals surface area contributed by atoms with E-state index in [1.807, 2.05) is 30.7 Å². The van der Waals surface area contributed by atoms with E-state index in [2.05, 4.69) is 9.97 Å². The lowest BCUT2D eigenvalue weighted by Gasteiger charge is -2.24. The largest absolute Gasteiger partial charge is 0.394 e. The van der Waals surface area contributed by atoms with Crippen molar-refractivity contribution in [2.75, 3.05) is 12.3 Å². The standard InChI is InChI=1S/C14H18N4O4/c1-14(2)21-9-8(5-19)20-13(10(9)22-14)18-4-3-7-11(15)16-6-17-12(7)18/h3-4,6,8-10,13,19H,5H2,1-2H3,(H2,15,16,17)/t8-,9?,10+,13-/m1/s1. The molecule has 3 N–H and O–H groups in total. The van der Waals surface area contributed by atoms with Crippen LogP contribution >= 0.6 is 0 Å². The molecule has 4 rings (SSSR count). The van der Waals surface area contributed by atoms with Crippen LogP contribution in [0.4, 0.5) is 5.82 Å². The van der Waals surface area contributed by atoms with Gasteiger partial charge in [-0.2, -0.15) is 0 Å². The van der Waals surface area contributed by atoms with Gasteiger partial charge in [0.1, 0.15) is 36.1 Å². The molecule has 2 aliphatic heterocycles. The van der Waals surface area contributed by atoms with Crippen LogP contribution in [-0.2, 0) is 14.2 Å². The summed E-state index contributed by atoms with van der Waals surface area (Å²) in [5.41, 5.74) is 6.54. The Morgan fingerprint density at radius 2 is 2.09 bits per heavy atom. The minimum Gasteiger partial charge on any atom is -0.394 e. The zero-order valence-electron chi connectivity index (χ0n) is 12.3. The number of fused-ring (bicyclic) bond motifs is 2. The summed E-state index contributed by atoms with van der Waals surface area (Å²) < 4.78 is 19.6. The second kappa shape index (κ2) is 4.63. The number of aromatic nitrogens is 3. The molecule has 2 aromatic heterocycles. The zero-order valence-corrected chi connectivity index (χ0v) is 12.3. The molecule has 0 radical (unpaired) electrons. The van der Waals surface area contributed by atoms with Gasteiger partial charge < -0.3 is 29.6 Å². The van der Waals surface area contributed by atoms with E-state index in [4.69, 9.17) is 19.9 Å². The van der Waals surface area contributed by atoms with E-state index in [1.165, 1.54) is 6.33 Å². The topological polar surface area (TPSA) is 105 Å². The highest BCUT2D eigenvalue weighted by Gasteiger charge is 2.55. The van der Waals surface area contributed by atoms with Crippen molar-refractivity contribution in [3.63, 3.8) is 0 Å². The van der Waals surface area contributed by atoms with E-state index < -0.39 is 18.1 Å². The summed E-state index contributed by atoms with van der Waals surface area (Å²) in [6.07, 6.45) is 1.75. The van der Waals surface area contributed by atoms with Gasteiger partial charge in [-0.25, -0.2) is 9.97 Å². The molecule has 0 amide bonds. The van der Waals surface area contributed by atoms with Crippen molar-refractivity contribution in [1.29, 1.82) is 0 Å². The highest BCUT2D eigenvalue weighted by atomic mass is 16.8. The third kappa shape index (κ3) is 1.92. The number of hydrogen-bond acceptors (Lipinski definition) is 7. The van der Waals surface area contributed by atoms with Crippen molar-refractivity contribution in [2.24, 2.45) is 0 Å². The number of ether oxygens (including phenoxy) is 3. The summed E-state index contributed by atoms with van der Waals surface area (Å²) in [6, 6.07) is 1.84. The monoisotopic (exact) mass is 306 g/mol. The first-order valence-corrected chi connectivity index (χ1v) is 7.19. The first kappa shape index (κ1) is 13.9. The summed E-state index contributed by atoms with van der Waals surface area (Å²) in [4.78, 5) is 8.27. The van der Waals surface area contributed by atoms with Gasteiger partial charge in [0.15, 0.2) is 12.0 Å². The van der Waals surface area contributed by atoms with Gasteiger partial charge >= 0.3 is 0 Å². The summed E-state index contributed by atoms with van der Waals surface area (Å²) in [5.74, 6) is -0.289. The fraction of sp³-hybridized carbons (Fsp3) is 0.571. The Morgan fingerprint density at radius 3 is 2.86 bits per heavy atom. The Labute approximate surface area is 126 Å². The molecule has 1 unspecified atom stereocenters. The lowest BCUT2D eigenvalue weighted by Crippen LogP contribution is -2.31. The Kier molecular flexibility index (Phi) is 2.92. The van der Waals surface area contributed by atoms with Crippen molar-refractivity contribution >= 4 is 16.9 Å². The van der Waals surface area contributed by atoms with Crippen LogP contribution in [0.2, 0.25) is 0 Å². The molecular weight excluding hydrogens is 288 g/mol. The number of rotatable bonds is 2. The average Bonchev–Trinajstić information content (AvgIpc) is 3.10. The lowest BCUT2D eigenvalue weighted by molar-refractivity contribution is -0.199. The van der Waals surface area contributed by atoms with Gasteiger partial charge in [-0.15, -0.1) is 0 Å². The second-order valence-corrected chi connectivity index (χ2v) is 6.03. The summed E-state index contributed by atoms with van der Waals surface area (Å²) >= 11 is 0. The Hall–Kier alpha value is -1.74. The normalized spacial score (nSPS) is 33.4. The van der Waals surface area contributed by atoms with Gasteiger partial charge in [0, 0.05) is 6.20 Å². The smallest absolute Gasteiger partial charge is 0.164 e. The molecule has 2 saturated heterocycles. The van der Waals surface area contributed by atoms with Crippen molar-refractivity contribution in [3.8, 4) is 0 Å². The molecule has 0 spiro atoms. The molecule has 0 aromatic carbocycles. The van der Waals surface area contributed by atoms with E-state index in [-0.39, 0.29) is 18.8 Å². The van der Waals surface area contributed by atoms with Crippen molar-refractivity contribution in [1.82, 2.24) is 14.5 Å². The molecule has 4 heterocycles. The van der Waals surface area contributed by atoms with Crippen molar-refractivity contribution in [3.05, 3.63) is 18.6 Å². The second-order valence-electron chi connectivity index (χ2n) is 6.03. The molecule has 2 aromatic rings. The van der Waals surface area contributed by atoms with Crippen LogP contribution in [0.3, 0.4) is 0 Å². The van der Waals surface area contributed by atoms with Gasteiger partial charge in [0.05, 0.1) is 12.0 Å². The molecule has 8 nitrogen and oxygen atoms in total. The van der Waals surface area contributed by atoms with E-state index in [0.717, 1.165) is 5.39 Å². The number of aliphatic hydroxyl groups excluding tert-OH is 1. The van der Waals surface area contributed by atoms with E-state index in [9.17, 15) is 5.11 Å². The molecule has 0 bridgehead atoms. The molecule has 2 fully saturated rings. The summed E-state index contributed by atoms with van der Waals surface area (Å²) in [5, 5.41) is 10.3. The van der Waals surface area contributed by atoms with Crippen LogP contribution < -0.4 is 5.73 Å². The summed E-state index contributed by atoms with van der Waals surface area (Å²) in [7, 11) is 0. The predicted octanol–water partition coefficient (Wildman–Crippen LogP) is 0.423. The zero-order chi connectivity index (χ0) is 15.5. The maximum atomic E-state index is 9.54. The van der Waals surface area contributed by atoms with Gasteiger partial charge in [0.25, 0.3) is 0 Å². The van der Waals surface area contributed by atoms with Crippen LogP contribution in [-0.4, -0.2) is 50.3 Å². The third-order valence-electron chi connectivity index (χ3n) is 4.12.